The molecular weight excluding hydrogens is 328 g/mol. The summed E-state index contributed by atoms with van der Waals surface area (Å²) < 4.78 is 26.4. The summed E-state index contributed by atoms with van der Waals surface area (Å²) in [7, 11) is -3.90. The van der Waals surface area contributed by atoms with Gasteiger partial charge >= 0.3 is 10.2 Å². The number of phenols is 1. The molecule has 0 amide bonds. The normalized spacial score (nSPS) is 15.8. The number of aliphatic hydroxyl groups is 1. The summed E-state index contributed by atoms with van der Waals surface area (Å²) in [5.74, 6) is -0.634. The van der Waals surface area contributed by atoms with E-state index in [1.807, 2.05) is 22.9 Å². The number of benzene rings is 2. The molecule has 0 bridgehead atoms. The Hall–Kier alpha value is -2.67. The zero-order chi connectivity index (χ0) is 17.2. The van der Waals surface area contributed by atoms with Gasteiger partial charge in [-0.25, -0.2) is 9.03 Å². The standard InChI is InChI=1S/C17H18N2O4S/c20-16-11-14(8-4-7-13-5-2-1-3-6-13)9-10-15(16)19-12-17(21)18-24(19,22)23/h1-3,5-6,9-12,18,20-21H,4,7-8H2. The van der Waals surface area contributed by atoms with Crippen molar-refractivity contribution >= 4 is 15.9 Å². The van der Waals surface area contributed by atoms with Crippen LogP contribution in [-0.4, -0.2) is 18.6 Å². The highest BCUT2D eigenvalue weighted by atomic mass is 32.2. The maximum atomic E-state index is 11.8. The van der Waals surface area contributed by atoms with E-state index in [1.165, 1.54) is 11.6 Å². The molecule has 2 aromatic carbocycles. The van der Waals surface area contributed by atoms with E-state index in [0.29, 0.717) is 0 Å². The van der Waals surface area contributed by atoms with E-state index in [4.69, 9.17) is 0 Å². The third kappa shape index (κ3) is 3.46. The number of rotatable bonds is 5. The molecule has 0 saturated heterocycles. The Bertz CT molecular complexity index is 863. The summed E-state index contributed by atoms with van der Waals surface area (Å²) in [5.41, 5.74) is 2.27. The lowest BCUT2D eigenvalue weighted by Gasteiger charge is -2.16. The quantitative estimate of drug-likeness (QED) is 0.776. The number of nitrogens with one attached hydrogen (secondary N) is 1. The van der Waals surface area contributed by atoms with Crippen molar-refractivity contribution < 1.29 is 18.6 Å². The summed E-state index contributed by atoms with van der Waals surface area (Å²) in [6.45, 7) is 0. The molecular formula is C17H18N2O4S. The molecule has 24 heavy (non-hydrogen) atoms. The van der Waals surface area contributed by atoms with E-state index in [-0.39, 0.29) is 11.4 Å². The SMILES string of the molecule is O=S1(=O)NC(O)=CN1c1ccc(CCCc2ccccc2)cc1O. The van der Waals surface area contributed by atoms with E-state index in [2.05, 4.69) is 12.1 Å². The van der Waals surface area contributed by atoms with Crippen molar-refractivity contribution in [2.45, 2.75) is 19.3 Å². The summed E-state index contributed by atoms with van der Waals surface area (Å²) in [6, 6.07) is 15.0. The molecule has 6 nitrogen and oxygen atoms in total. The number of aromatic hydroxyl groups is 1. The summed E-state index contributed by atoms with van der Waals surface area (Å²) in [5, 5.41) is 19.5. The first-order valence-electron chi connectivity index (χ1n) is 7.54. The second kappa shape index (κ2) is 6.45. The fourth-order valence-electron chi connectivity index (χ4n) is 2.64. The highest BCUT2D eigenvalue weighted by Gasteiger charge is 2.30. The minimum absolute atomic E-state index is 0.0957. The number of nitrogens with zero attached hydrogens (tertiary/aromatic N) is 1. The minimum atomic E-state index is -3.90. The minimum Gasteiger partial charge on any atom is -0.506 e. The molecule has 0 aromatic heterocycles. The second-order valence-electron chi connectivity index (χ2n) is 5.58. The zero-order valence-electron chi connectivity index (χ0n) is 12.9. The topological polar surface area (TPSA) is 89.9 Å². The molecule has 0 radical (unpaired) electrons. The molecule has 1 heterocycles. The second-order valence-corrected chi connectivity index (χ2v) is 7.13. The monoisotopic (exact) mass is 346 g/mol. The van der Waals surface area contributed by atoms with Crippen molar-refractivity contribution in [1.29, 1.82) is 0 Å². The smallest absolute Gasteiger partial charge is 0.330 e. The van der Waals surface area contributed by atoms with Crippen molar-refractivity contribution in [3.05, 3.63) is 71.7 Å². The number of aliphatic hydroxyl groups excluding tert-OH is 1. The van der Waals surface area contributed by atoms with Crippen LogP contribution in [0.15, 0.2) is 60.6 Å². The lowest BCUT2D eigenvalue weighted by Crippen LogP contribution is -2.29. The van der Waals surface area contributed by atoms with Gasteiger partial charge in [-0.2, -0.15) is 8.42 Å². The first-order valence-corrected chi connectivity index (χ1v) is 8.98. The summed E-state index contributed by atoms with van der Waals surface area (Å²) >= 11 is 0. The van der Waals surface area contributed by atoms with Gasteiger partial charge in [0.1, 0.15) is 11.4 Å². The molecule has 0 unspecified atom stereocenters. The molecule has 3 N–H and O–H groups in total. The predicted octanol–water partition coefficient (Wildman–Crippen LogP) is 2.58. The Balaban J connectivity index is 1.69. The van der Waals surface area contributed by atoms with Crippen LogP contribution in [-0.2, 0) is 23.1 Å². The lowest BCUT2D eigenvalue weighted by molar-refractivity contribution is 0.392. The van der Waals surface area contributed by atoms with Gasteiger partial charge in [-0.15, -0.1) is 0 Å². The summed E-state index contributed by atoms with van der Waals surface area (Å²) in [6.07, 6.45) is 3.64. The maximum Gasteiger partial charge on any atom is 0.330 e. The van der Waals surface area contributed by atoms with Crippen LogP contribution in [0.5, 0.6) is 5.75 Å². The van der Waals surface area contributed by atoms with Crippen LogP contribution in [0.25, 0.3) is 0 Å². The Morgan fingerprint density at radius 1 is 0.958 bits per heavy atom. The Kier molecular flexibility index (Phi) is 4.35. The molecule has 0 fully saturated rings. The first-order chi connectivity index (χ1) is 11.5. The van der Waals surface area contributed by atoms with Crippen LogP contribution in [0.3, 0.4) is 0 Å². The number of phenolic OH excluding ortho intramolecular Hbond substituents is 1. The molecule has 1 aliphatic rings. The van der Waals surface area contributed by atoms with Gasteiger partial charge in [-0.05, 0) is 42.5 Å². The largest absolute Gasteiger partial charge is 0.506 e. The zero-order valence-corrected chi connectivity index (χ0v) is 13.7. The van der Waals surface area contributed by atoms with Crippen molar-refractivity contribution in [2.75, 3.05) is 4.31 Å². The van der Waals surface area contributed by atoms with Crippen LogP contribution in [0.4, 0.5) is 5.69 Å². The predicted molar refractivity (Wildman–Crippen MR) is 91.8 cm³/mol. The molecule has 0 atom stereocenters. The Morgan fingerprint density at radius 2 is 1.67 bits per heavy atom. The number of anilines is 1. The average molecular weight is 346 g/mol. The summed E-state index contributed by atoms with van der Waals surface area (Å²) in [4.78, 5) is 0. The van der Waals surface area contributed by atoms with E-state index in [1.54, 1.807) is 12.1 Å². The van der Waals surface area contributed by atoms with Crippen molar-refractivity contribution in [2.24, 2.45) is 0 Å². The van der Waals surface area contributed by atoms with Crippen molar-refractivity contribution in [1.82, 2.24) is 4.72 Å². The van der Waals surface area contributed by atoms with Gasteiger partial charge in [0.2, 0.25) is 5.88 Å². The van der Waals surface area contributed by atoms with Gasteiger partial charge in [-0.3, -0.25) is 0 Å². The van der Waals surface area contributed by atoms with Crippen LogP contribution < -0.4 is 9.03 Å². The van der Waals surface area contributed by atoms with E-state index >= 15 is 0 Å². The van der Waals surface area contributed by atoms with E-state index < -0.39 is 16.1 Å². The lowest BCUT2D eigenvalue weighted by atomic mass is 10.0. The van der Waals surface area contributed by atoms with Gasteiger partial charge in [0.05, 0.1) is 6.20 Å². The van der Waals surface area contributed by atoms with Gasteiger partial charge in [-0.1, -0.05) is 36.4 Å². The highest BCUT2D eigenvalue weighted by Crippen LogP contribution is 2.32. The van der Waals surface area contributed by atoms with Crippen LogP contribution in [0.1, 0.15) is 17.5 Å². The third-order valence-corrected chi connectivity index (χ3v) is 5.07. The molecule has 0 spiro atoms. The molecule has 2 aromatic rings. The van der Waals surface area contributed by atoms with Crippen molar-refractivity contribution in [3.8, 4) is 5.75 Å². The number of hydrogen-bond acceptors (Lipinski definition) is 4. The van der Waals surface area contributed by atoms with Crippen LogP contribution in [0.2, 0.25) is 0 Å². The fraction of sp³-hybridized carbons (Fsp3) is 0.176. The molecule has 1 aliphatic heterocycles. The first kappa shape index (κ1) is 16.2. The molecule has 7 heteroatoms. The Morgan fingerprint density at radius 3 is 2.29 bits per heavy atom. The molecule has 3 rings (SSSR count). The van der Waals surface area contributed by atoms with E-state index in [9.17, 15) is 18.6 Å². The fourth-order valence-corrected chi connectivity index (χ4v) is 3.71. The van der Waals surface area contributed by atoms with Crippen LogP contribution in [0, 0.1) is 0 Å². The maximum absolute atomic E-state index is 11.8. The van der Waals surface area contributed by atoms with Gasteiger partial charge < -0.3 is 10.2 Å². The van der Waals surface area contributed by atoms with Crippen LogP contribution >= 0.6 is 0 Å². The number of aryl methyl sites for hydroxylation is 2. The average Bonchev–Trinajstić information content (AvgIpc) is 2.81. The van der Waals surface area contributed by atoms with Gasteiger partial charge in [0.15, 0.2) is 0 Å². The molecule has 126 valence electrons. The van der Waals surface area contributed by atoms with Crippen molar-refractivity contribution in [3.63, 3.8) is 0 Å². The molecule has 0 aliphatic carbocycles. The van der Waals surface area contributed by atoms with Gasteiger partial charge in [0, 0.05) is 0 Å². The Labute approximate surface area is 140 Å². The molecule has 0 saturated carbocycles. The number of hydrogen-bond donors (Lipinski definition) is 3. The third-order valence-electron chi connectivity index (χ3n) is 3.78. The highest BCUT2D eigenvalue weighted by molar-refractivity contribution is 7.91. The van der Waals surface area contributed by atoms with Gasteiger partial charge in [0.25, 0.3) is 0 Å². The van der Waals surface area contributed by atoms with E-state index in [0.717, 1.165) is 35.3 Å².